The van der Waals surface area contributed by atoms with Crippen molar-refractivity contribution in [1.29, 1.82) is 0 Å². The molecule has 0 saturated carbocycles. The molecule has 0 aliphatic carbocycles. The Bertz CT molecular complexity index is 1050. The number of thioether (sulfide) groups is 1. The number of ether oxygens (including phenoxy) is 3. The highest BCUT2D eigenvalue weighted by atomic mass is 32.2. The number of hydrogen-bond acceptors (Lipinski definition) is 7. The first-order valence-electron chi connectivity index (χ1n) is 11.0. The molecule has 3 rings (SSSR count). The van der Waals surface area contributed by atoms with Crippen molar-refractivity contribution >= 4 is 23.4 Å². The van der Waals surface area contributed by atoms with Crippen LogP contribution in [0.5, 0.6) is 17.2 Å². The average molecular weight is 471 g/mol. The van der Waals surface area contributed by atoms with Crippen molar-refractivity contribution in [3.8, 4) is 17.2 Å². The Hall–Kier alpha value is -3.20. The zero-order valence-electron chi connectivity index (χ0n) is 19.5. The van der Waals surface area contributed by atoms with E-state index in [0.29, 0.717) is 42.2 Å². The van der Waals surface area contributed by atoms with E-state index >= 15 is 0 Å². The van der Waals surface area contributed by atoms with E-state index in [-0.39, 0.29) is 18.3 Å². The number of nitrogens with one attached hydrogen (secondary N) is 1. The molecule has 0 radical (unpaired) electrons. The Balaban J connectivity index is 1.57. The van der Waals surface area contributed by atoms with Crippen LogP contribution < -0.4 is 19.5 Å². The van der Waals surface area contributed by atoms with Gasteiger partial charge in [-0.15, -0.1) is 10.2 Å². The van der Waals surface area contributed by atoms with Crippen LogP contribution in [0.3, 0.4) is 0 Å². The molecule has 2 aromatic carbocycles. The minimum Gasteiger partial charge on any atom is -0.494 e. The molecule has 0 spiro atoms. The van der Waals surface area contributed by atoms with Gasteiger partial charge in [-0.25, -0.2) is 0 Å². The molecule has 0 aliphatic rings. The van der Waals surface area contributed by atoms with E-state index < -0.39 is 0 Å². The van der Waals surface area contributed by atoms with E-state index in [9.17, 15) is 4.79 Å². The van der Waals surface area contributed by atoms with E-state index in [1.165, 1.54) is 11.8 Å². The smallest absolute Gasteiger partial charge is 0.234 e. The number of benzene rings is 2. The Morgan fingerprint density at radius 2 is 1.73 bits per heavy atom. The molecule has 0 bridgehead atoms. The van der Waals surface area contributed by atoms with E-state index in [4.69, 9.17) is 14.2 Å². The summed E-state index contributed by atoms with van der Waals surface area (Å²) in [5, 5.41) is 12.1. The van der Waals surface area contributed by atoms with Gasteiger partial charge in [-0.2, -0.15) is 0 Å². The normalized spacial score (nSPS) is 10.7. The summed E-state index contributed by atoms with van der Waals surface area (Å²) in [5.41, 5.74) is 1.82. The lowest BCUT2D eigenvalue weighted by atomic mass is 10.2. The molecule has 176 valence electrons. The van der Waals surface area contributed by atoms with Crippen LogP contribution in [0.2, 0.25) is 0 Å². The van der Waals surface area contributed by atoms with Crippen LogP contribution >= 0.6 is 11.8 Å². The van der Waals surface area contributed by atoms with Gasteiger partial charge in [-0.05, 0) is 69.7 Å². The van der Waals surface area contributed by atoms with E-state index in [1.807, 2.05) is 74.7 Å². The maximum atomic E-state index is 12.4. The number of anilines is 1. The fourth-order valence-corrected chi connectivity index (χ4v) is 3.94. The van der Waals surface area contributed by atoms with Crippen molar-refractivity contribution in [3.63, 3.8) is 0 Å². The monoisotopic (exact) mass is 470 g/mol. The largest absolute Gasteiger partial charge is 0.494 e. The average Bonchev–Trinajstić information content (AvgIpc) is 3.20. The highest BCUT2D eigenvalue weighted by Gasteiger charge is 2.15. The zero-order chi connectivity index (χ0) is 23.6. The fraction of sp³-hybridized carbons (Fsp3) is 0.375. The number of nitrogens with zero attached hydrogens (tertiary/aromatic N) is 3. The van der Waals surface area contributed by atoms with Crippen molar-refractivity contribution < 1.29 is 19.0 Å². The number of hydrogen-bond donors (Lipinski definition) is 1. The molecular weight excluding hydrogens is 440 g/mol. The van der Waals surface area contributed by atoms with E-state index in [0.717, 1.165) is 17.0 Å². The number of aryl methyl sites for hydroxylation is 1. The van der Waals surface area contributed by atoms with Crippen LogP contribution in [0.25, 0.3) is 0 Å². The molecule has 0 aliphatic heterocycles. The second-order valence-electron chi connectivity index (χ2n) is 7.11. The fourth-order valence-electron chi connectivity index (χ4n) is 3.12. The third kappa shape index (κ3) is 6.89. The van der Waals surface area contributed by atoms with Gasteiger partial charge in [0.15, 0.2) is 22.5 Å². The summed E-state index contributed by atoms with van der Waals surface area (Å²) in [6, 6.07) is 13.1. The molecular formula is C24H30N4O4S. The predicted octanol–water partition coefficient (Wildman–Crippen LogP) is 4.71. The molecule has 1 heterocycles. The summed E-state index contributed by atoms with van der Waals surface area (Å²) in [6.07, 6.45) is 0. The standard InChI is InChI=1S/C24H30N4O4S/c1-5-28-22(15-32-20-13-8-17(4)14-21(20)31-7-3)26-27-24(28)33-16-23(29)25-18-9-11-19(12-10-18)30-6-2/h8-14H,5-7,15-16H2,1-4H3,(H,25,29). The van der Waals surface area contributed by atoms with Crippen LogP contribution in [-0.2, 0) is 17.9 Å². The summed E-state index contributed by atoms with van der Waals surface area (Å²) < 4.78 is 19.0. The number of amides is 1. The first kappa shape index (κ1) is 24.4. The van der Waals surface area contributed by atoms with Crippen molar-refractivity contribution in [2.45, 2.75) is 46.0 Å². The third-order valence-corrected chi connectivity index (χ3v) is 5.61. The summed E-state index contributed by atoms with van der Waals surface area (Å²) >= 11 is 1.34. The molecule has 0 saturated heterocycles. The van der Waals surface area contributed by atoms with E-state index in [1.54, 1.807) is 0 Å². The van der Waals surface area contributed by atoms with Crippen LogP contribution in [0.4, 0.5) is 5.69 Å². The molecule has 33 heavy (non-hydrogen) atoms. The summed E-state index contributed by atoms with van der Waals surface area (Å²) in [6.45, 7) is 9.97. The SMILES string of the molecule is CCOc1ccc(NC(=O)CSc2nnc(COc3ccc(C)cc3OCC)n2CC)cc1. The molecule has 1 amide bonds. The lowest BCUT2D eigenvalue weighted by Crippen LogP contribution is -2.15. The lowest BCUT2D eigenvalue weighted by Gasteiger charge is -2.13. The molecule has 8 nitrogen and oxygen atoms in total. The summed E-state index contributed by atoms with van der Waals surface area (Å²) in [7, 11) is 0. The molecule has 1 N–H and O–H groups in total. The first-order chi connectivity index (χ1) is 16.0. The maximum Gasteiger partial charge on any atom is 0.234 e. The molecule has 1 aromatic heterocycles. The van der Waals surface area contributed by atoms with Gasteiger partial charge in [0.1, 0.15) is 12.4 Å². The number of aromatic nitrogens is 3. The van der Waals surface area contributed by atoms with Gasteiger partial charge < -0.3 is 24.1 Å². The van der Waals surface area contributed by atoms with Gasteiger partial charge in [-0.1, -0.05) is 17.8 Å². The Kier molecular flexibility index (Phi) is 9.00. The maximum absolute atomic E-state index is 12.4. The van der Waals surface area contributed by atoms with Crippen molar-refractivity contribution in [1.82, 2.24) is 14.8 Å². The second-order valence-corrected chi connectivity index (χ2v) is 8.05. The Morgan fingerprint density at radius 3 is 2.42 bits per heavy atom. The zero-order valence-corrected chi connectivity index (χ0v) is 20.3. The van der Waals surface area contributed by atoms with Crippen LogP contribution in [0.15, 0.2) is 47.6 Å². The van der Waals surface area contributed by atoms with Gasteiger partial charge in [-0.3, -0.25) is 4.79 Å². The minimum atomic E-state index is -0.117. The second kappa shape index (κ2) is 12.2. The Labute approximate surface area is 198 Å². The first-order valence-corrected chi connectivity index (χ1v) is 12.0. The summed E-state index contributed by atoms with van der Waals surface area (Å²) in [5.74, 6) is 2.94. The molecule has 3 aromatic rings. The number of rotatable bonds is 12. The number of carbonyl (C=O) groups excluding carboxylic acids is 1. The van der Waals surface area contributed by atoms with E-state index in [2.05, 4.69) is 15.5 Å². The molecule has 0 unspecified atom stereocenters. The third-order valence-electron chi connectivity index (χ3n) is 4.65. The van der Waals surface area contributed by atoms with Gasteiger partial charge >= 0.3 is 0 Å². The van der Waals surface area contributed by atoms with Crippen molar-refractivity contribution in [2.24, 2.45) is 0 Å². The Morgan fingerprint density at radius 1 is 0.970 bits per heavy atom. The summed E-state index contributed by atoms with van der Waals surface area (Å²) in [4.78, 5) is 12.4. The lowest BCUT2D eigenvalue weighted by molar-refractivity contribution is -0.113. The van der Waals surface area contributed by atoms with Crippen molar-refractivity contribution in [3.05, 3.63) is 53.9 Å². The van der Waals surface area contributed by atoms with Gasteiger partial charge in [0.2, 0.25) is 5.91 Å². The number of carbonyl (C=O) groups is 1. The molecule has 0 atom stereocenters. The predicted molar refractivity (Wildman–Crippen MR) is 129 cm³/mol. The van der Waals surface area contributed by atoms with Crippen molar-refractivity contribution in [2.75, 3.05) is 24.3 Å². The van der Waals surface area contributed by atoms with Gasteiger partial charge in [0.25, 0.3) is 0 Å². The molecule has 9 heteroatoms. The highest BCUT2D eigenvalue weighted by molar-refractivity contribution is 7.99. The highest BCUT2D eigenvalue weighted by Crippen LogP contribution is 2.29. The molecule has 0 fully saturated rings. The van der Waals surface area contributed by atoms with Crippen LogP contribution in [0.1, 0.15) is 32.2 Å². The quantitative estimate of drug-likeness (QED) is 0.384. The topological polar surface area (TPSA) is 87.5 Å². The van der Waals surface area contributed by atoms with Crippen LogP contribution in [-0.4, -0.2) is 39.6 Å². The van der Waals surface area contributed by atoms with Gasteiger partial charge in [0, 0.05) is 12.2 Å². The van der Waals surface area contributed by atoms with Crippen LogP contribution in [0, 0.1) is 6.92 Å². The van der Waals surface area contributed by atoms with Gasteiger partial charge in [0.05, 0.1) is 19.0 Å². The minimum absolute atomic E-state index is 0.117.